The lowest BCUT2D eigenvalue weighted by Crippen LogP contribution is -2.30. The number of aromatic nitrogens is 2. The highest BCUT2D eigenvalue weighted by Crippen LogP contribution is 2.23. The zero-order valence-electron chi connectivity index (χ0n) is 13.1. The lowest BCUT2D eigenvalue weighted by molar-refractivity contribution is 0.100. The monoisotopic (exact) mass is 332 g/mol. The Hall–Kier alpha value is -2.57. The number of nitrogens with one attached hydrogen (secondary N) is 1. The first-order valence-electron chi connectivity index (χ1n) is 7.90. The predicted molar refractivity (Wildman–Crippen MR) is 87.4 cm³/mol. The molecule has 2 aromatic rings. The second-order valence-electron chi connectivity index (χ2n) is 5.64. The van der Waals surface area contributed by atoms with Crippen molar-refractivity contribution in [1.29, 1.82) is 0 Å². The maximum atomic E-state index is 13.0. The maximum absolute atomic E-state index is 13.0. The van der Waals surface area contributed by atoms with Crippen LogP contribution in [0.15, 0.2) is 36.7 Å². The van der Waals surface area contributed by atoms with Gasteiger partial charge in [-0.05, 0) is 37.5 Å². The Morgan fingerprint density at radius 3 is 2.67 bits per heavy atom. The number of amides is 1. The smallest absolute Gasteiger partial charge is 0.281 e. The molecule has 0 bridgehead atoms. The van der Waals surface area contributed by atoms with Crippen molar-refractivity contribution in [3.05, 3.63) is 47.9 Å². The molecular weight excluding hydrogens is 314 g/mol. The largest absolute Gasteiger partial charge is 0.357 e. The Morgan fingerprint density at radius 1 is 1.12 bits per heavy atom. The molecule has 1 amide bonds. The normalized spacial score (nSPS) is 14.7. The summed E-state index contributed by atoms with van der Waals surface area (Å²) in [5, 5.41) is 2.65. The quantitative estimate of drug-likeness (QED) is 0.928. The average molecular weight is 332 g/mol. The molecule has 0 saturated carbocycles. The summed E-state index contributed by atoms with van der Waals surface area (Å²) in [6.45, 7) is 1.87. The summed E-state index contributed by atoms with van der Waals surface area (Å²) in [5.74, 6) is 0.182. The summed E-state index contributed by atoms with van der Waals surface area (Å²) in [4.78, 5) is 22.4. The third-order valence-corrected chi connectivity index (χ3v) is 3.97. The van der Waals surface area contributed by atoms with Gasteiger partial charge in [-0.2, -0.15) is 0 Å². The number of alkyl halides is 2. The molecule has 0 radical (unpaired) electrons. The molecule has 0 atom stereocenters. The van der Waals surface area contributed by atoms with Crippen LogP contribution in [0.3, 0.4) is 0 Å². The maximum Gasteiger partial charge on any atom is 0.281 e. The van der Waals surface area contributed by atoms with E-state index in [1.54, 1.807) is 18.3 Å². The third-order valence-electron chi connectivity index (χ3n) is 3.97. The molecule has 7 heteroatoms. The van der Waals surface area contributed by atoms with Crippen molar-refractivity contribution in [2.75, 3.05) is 23.3 Å². The van der Waals surface area contributed by atoms with E-state index in [-0.39, 0.29) is 5.56 Å². The molecule has 1 aliphatic heterocycles. The minimum Gasteiger partial charge on any atom is -0.357 e. The van der Waals surface area contributed by atoms with Gasteiger partial charge in [0.25, 0.3) is 12.3 Å². The van der Waals surface area contributed by atoms with Crippen LogP contribution in [-0.4, -0.2) is 29.0 Å². The van der Waals surface area contributed by atoms with E-state index in [0.29, 0.717) is 5.69 Å². The molecule has 24 heavy (non-hydrogen) atoms. The first-order chi connectivity index (χ1) is 11.6. The van der Waals surface area contributed by atoms with Crippen molar-refractivity contribution >= 4 is 17.4 Å². The summed E-state index contributed by atoms with van der Waals surface area (Å²) in [6, 6.07) is 6.22. The molecule has 126 valence electrons. The molecule has 1 fully saturated rings. The van der Waals surface area contributed by atoms with E-state index in [0.717, 1.165) is 31.7 Å². The molecule has 3 rings (SSSR count). The third kappa shape index (κ3) is 3.67. The average Bonchev–Trinajstić information content (AvgIpc) is 2.62. The Morgan fingerprint density at radius 2 is 1.92 bits per heavy atom. The number of rotatable bonds is 4. The first kappa shape index (κ1) is 16.3. The van der Waals surface area contributed by atoms with Gasteiger partial charge in [0.1, 0.15) is 11.5 Å². The molecule has 3 heterocycles. The fourth-order valence-electron chi connectivity index (χ4n) is 2.77. The van der Waals surface area contributed by atoms with E-state index < -0.39 is 18.0 Å². The van der Waals surface area contributed by atoms with Gasteiger partial charge in [-0.25, -0.2) is 13.8 Å². The van der Waals surface area contributed by atoms with Gasteiger partial charge in [0.05, 0.1) is 5.56 Å². The summed E-state index contributed by atoms with van der Waals surface area (Å²) in [7, 11) is 0. The minimum atomic E-state index is -2.80. The number of pyridine rings is 2. The molecular formula is C17H18F2N4O. The Kier molecular flexibility index (Phi) is 4.98. The highest BCUT2D eigenvalue weighted by molar-refractivity contribution is 6.05. The molecule has 1 N–H and O–H groups in total. The van der Waals surface area contributed by atoms with Gasteiger partial charge in [0.15, 0.2) is 0 Å². The fraction of sp³-hybridized carbons (Fsp3) is 0.353. The van der Waals surface area contributed by atoms with Crippen LogP contribution in [0.25, 0.3) is 0 Å². The van der Waals surface area contributed by atoms with Crippen LogP contribution in [0.4, 0.5) is 20.3 Å². The lowest BCUT2D eigenvalue weighted by Gasteiger charge is -2.27. The van der Waals surface area contributed by atoms with Gasteiger partial charge in [0.2, 0.25) is 0 Å². The number of hydrogen-bond donors (Lipinski definition) is 1. The molecule has 1 aliphatic rings. The second-order valence-corrected chi connectivity index (χ2v) is 5.64. The second kappa shape index (κ2) is 7.33. The van der Waals surface area contributed by atoms with Crippen LogP contribution in [0, 0.1) is 0 Å². The van der Waals surface area contributed by atoms with Crippen LogP contribution in [-0.2, 0) is 0 Å². The Balaban J connectivity index is 1.77. The van der Waals surface area contributed by atoms with E-state index in [9.17, 15) is 13.6 Å². The number of nitrogens with zero attached hydrogens (tertiary/aromatic N) is 3. The van der Waals surface area contributed by atoms with Gasteiger partial charge in [0, 0.05) is 37.2 Å². The van der Waals surface area contributed by atoms with Crippen LogP contribution < -0.4 is 10.2 Å². The number of anilines is 2. The van der Waals surface area contributed by atoms with Gasteiger partial charge >= 0.3 is 0 Å². The number of piperidine rings is 1. The Labute approximate surface area is 138 Å². The van der Waals surface area contributed by atoms with Gasteiger partial charge in [-0.15, -0.1) is 0 Å². The van der Waals surface area contributed by atoms with Crippen LogP contribution in [0.1, 0.15) is 41.7 Å². The number of carbonyl (C=O) groups is 1. The number of hydrogen-bond acceptors (Lipinski definition) is 4. The van der Waals surface area contributed by atoms with Gasteiger partial charge in [-0.1, -0.05) is 0 Å². The summed E-state index contributed by atoms with van der Waals surface area (Å²) < 4.78 is 25.9. The molecule has 0 aromatic carbocycles. The molecule has 1 saturated heterocycles. The highest BCUT2D eigenvalue weighted by Gasteiger charge is 2.20. The molecule has 0 unspecified atom stereocenters. The summed E-state index contributed by atoms with van der Waals surface area (Å²) in [6.07, 6.45) is 3.51. The predicted octanol–water partition coefficient (Wildman–Crippen LogP) is 3.66. The topological polar surface area (TPSA) is 58.1 Å². The van der Waals surface area contributed by atoms with Crippen molar-refractivity contribution in [3.8, 4) is 0 Å². The van der Waals surface area contributed by atoms with Crippen molar-refractivity contribution in [2.45, 2.75) is 25.7 Å². The number of carbonyl (C=O) groups excluding carboxylic acids is 1. The van der Waals surface area contributed by atoms with E-state index in [2.05, 4.69) is 20.2 Å². The highest BCUT2D eigenvalue weighted by atomic mass is 19.3. The first-order valence-corrected chi connectivity index (χ1v) is 7.90. The van der Waals surface area contributed by atoms with E-state index in [1.165, 1.54) is 24.8 Å². The van der Waals surface area contributed by atoms with Gasteiger partial charge < -0.3 is 10.2 Å². The van der Waals surface area contributed by atoms with Crippen molar-refractivity contribution in [3.63, 3.8) is 0 Å². The molecule has 0 aliphatic carbocycles. The fourth-order valence-corrected chi connectivity index (χ4v) is 2.77. The van der Waals surface area contributed by atoms with Crippen LogP contribution >= 0.6 is 0 Å². The molecule has 5 nitrogen and oxygen atoms in total. The summed E-state index contributed by atoms with van der Waals surface area (Å²) in [5.41, 5.74) is -0.108. The van der Waals surface area contributed by atoms with E-state index in [4.69, 9.17) is 0 Å². The summed E-state index contributed by atoms with van der Waals surface area (Å²) >= 11 is 0. The van der Waals surface area contributed by atoms with Crippen LogP contribution in [0.2, 0.25) is 0 Å². The van der Waals surface area contributed by atoms with Crippen molar-refractivity contribution < 1.29 is 13.6 Å². The lowest BCUT2D eigenvalue weighted by atomic mass is 10.1. The minimum absolute atomic E-state index is 0.121. The number of halogens is 2. The standard InChI is InChI=1S/C17H18F2N4O/c18-16(19)15-13(5-4-7-21-15)17(24)22-12-6-8-20-14(11-12)23-9-2-1-3-10-23/h4-8,11,16H,1-3,9-10H2,(H,20,22,24). The Bertz CT molecular complexity index is 717. The van der Waals surface area contributed by atoms with Crippen molar-refractivity contribution in [2.24, 2.45) is 0 Å². The van der Waals surface area contributed by atoms with Crippen molar-refractivity contribution in [1.82, 2.24) is 9.97 Å². The molecule has 2 aromatic heterocycles. The van der Waals surface area contributed by atoms with Crippen LogP contribution in [0.5, 0.6) is 0 Å². The molecule has 0 spiro atoms. The zero-order chi connectivity index (χ0) is 16.9. The SMILES string of the molecule is O=C(Nc1ccnc(N2CCCCC2)c1)c1cccnc1C(F)F. The van der Waals surface area contributed by atoms with E-state index in [1.807, 2.05) is 0 Å². The van der Waals surface area contributed by atoms with Gasteiger partial charge in [-0.3, -0.25) is 9.78 Å². The van der Waals surface area contributed by atoms with E-state index >= 15 is 0 Å². The zero-order valence-corrected chi connectivity index (χ0v) is 13.1.